The number of hydrogen-bond acceptors (Lipinski definition) is 2. The Morgan fingerprint density at radius 3 is 2.59 bits per heavy atom. The van der Waals surface area contributed by atoms with Crippen LogP contribution in [0, 0.1) is 5.92 Å². The molecule has 1 heterocycles. The average Bonchev–Trinajstić information content (AvgIpc) is 2.69. The zero-order valence-corrected chi connectivity index (χ0v) is 18.3. The SMILES string of the molecule is CCc1cccc(NC(N)=NC(CC2CCOCC2)c2ccccc2)c1.I. The Kier molecular flexibility index (Phi) is 9.07. The number of aliphatic imine (C=N–C) groups is 1. The van der Waals surface area contributed by atoms with E-state index >= 15 is 0 Å². The van der Waals surface area contributed by atoms with Crippen LogP contribution < -0.4 is 11.1 Å². The Bertz CT molecular complexity index is 715. The Morgan fingerprint density at radius 1 is 1.15 bits per heavy atom. The molecule has 1 unspecified atom stereocenters. The molecule has 1 fully saturated rings. The molecule has 0 radical (unpaired) electrons. The number of guanidine groups is 1. The van der Waals surface area contributed by atoms with Crippen molar-refractivity contribution in [1.29, 1.82) is 0 Å². The Morgan fingerprint density at radius 2 is 1.89 bits per heavy atom. The van der Waals surface area contributed by atoms with E-state index in [2.05, 4.69) is 48.6 Å². The largest absolute Gasteiger partial charge is 0.381 e. The Balaban J connectivity index is 0.00000261. The van der Waals surface area contributed by atoms with Gasteiger partial charge in [-0.3, -0.25) is 0 Å². The first kappa shape index (κ1) is 21.7. The normalized spacial score (nSPS) is 16.4. The topological polar surface area (TPSA) is 59.6 Å². The molecule has 1 aliphatic rings. The summed E-state index contributed by atoms with van der Waals surface area (Å²) in [7, 11) is 0. The fourth-order valence-electron chi connectivity index (χ4n) is 3.45. The summed E-state index contributed by atoms with van der Waals surface area (Å²) in [6.07, 6.45) is 4.21. The number of ether oxygens (including phenoxy) is 1. The van der Waals surface area contributed by atoms with Crippen molar-refractivity contribution in [3.8, 4) is 0 Å². The second-order valence-electron chi connectivity index (χ2n) is 6.91. The molecule has 0 bridgehead atoms. The van der Waals surface area contributed by atoms with Gasteiger partial charge in [-0.25, -0.2) is 4.99 Å². The predicted molar refractivity (Wildman–Crippen MR) is 124 cm³/mol. The quantitative estimate of drug-likeness (QED) is 0.342. The van der Waals surface area contributed by atoms with Crippen molar-refractivity contribution in [2.75, 3.05) is 18.5 Å². The summed E-state index contributed by atoms with van der Waals surface area (Å²) >= 11 is 0. The molecule has 1 aliphatic heterocycles. The molecule has 4 nitrogen and oxygen atoms in total. The molecule has 0 aliphatic carbocycles. The van der Waals surface area contributed by atoms with Crippen LogP contribution in [0.25, 0.3) is 0 Å². The molecular formula is C22H30IN3O. The van der Waals surface area contributed by atoms with E-state index in [1.54, 1.807) is 0 Å². The molecule has 0 saturated carbocycles. The first-order valence-corrected chi connectivity index (χ1v) is 9.56. The van der Waals surface area contributed by atoms with Gasteiger partial charge in [-0.15, -0.1) is 24.0 Å². The third-order valence-corrected chi connectivity index (χ3v) is 4.98. The van der Waals surface area contributed by atoms with Crippen LogP contribution in [0.5, 0.6) is 0 Å². The molecule has 1 atom stereocenters. The first-order chi connectivity index (χ1) is 12.7. The van der Waals surface area contributed by atoms with E-state index < -0.39 is 0 Å². The standard InChI is InChI=1S/C22H29N3O.HI/c1-2-17-7-6-10-20(15-17)24-22(23)25-21(19-8-4-3-5-9-19)16-18-11-13-26-14-12-18;/h3-10,15,18,21H,2,11-14,16H2,1H3,(H3,23,24,25);1H. The highest BCUT2D eigenvalue weighted by Crippen LogP contribution is 2.30. The van der Waals surface area contributed by atoms with E-state index in [0.717, 1.165) is 44.6 Å². The number of rotatable bonds is 6. The van der Waals surface area contributed by atoms with Crippen molar-refractivity contribution in [3.05, 3.63) is 65.7 Å². The van der Waals surface area contributed by atoms with Crippen molar-refractivity contribution in [3.63, 3.8) is 0 Å². The van der Waals surface area contributed by atoms with Crippen LogP contribution in [-0.4, -0.2) is 19.2 Å². The summed E-state index contributed by atoms with van der Waals surface area (Å²) in [4.78, 5) is 4.83. The smallest absolute Gasteiger partial charge is 0.193 e. The number of hydrogen-bond donors (Lipinski definition) is 2. The van der Waals surface area contributed by atoms with Gasteiger partial charge in [-0.1, -0.05) is 49.4 Å². The van der Waals surface area contributed by atoms with Crippen LogP contribution in [0.1, 0.15) is 43.4 Å². The lowest BCUT2D eigenvalue weighted by Gasteiger charge is -2.25. The highest BCUT2D eigenvalue weighted by Gasteiger charge is 2.20. The van der Waals surface area contributed by atoms with Gasteiger partial charge >= 0.3 is 0 Å². The summed E-state index contributed by atoms with van der Waals surface area (Å²) in [6.45, 7) is 3.86. The van der Waals surface area contributed by atoms with Gasteiger partial charge in [-0.2, -0.15) is 0 Å². The maximum atomic E-state index is 6.25. The van der Waals surface area contributed by atoms with E-state index in [-0.39, 0.29) is 30.0 Å². The van der Waals surface area contributed by atoms with Gasteiger partial charge in [-0.05, 0) is 54.9 Å². The number of anilines is 1. The van der Waals surface area contributed by atoms with Gasteiger partial charge in [0.15, 0.2) is 5.96 Å². The van der Waals surface area contributed by atoms with Crippen molar-refractivity contribution in [2.45, 2.75) is 38.6 Å². The van der Waals surface area contributed by atoms with E-state index in [1.807, 2.05) is 18.2 Å². The minimum atomic E-state index is 0. The monoisotopic (exact) mass is 479 g/mol. The highest BCUT2D eigenvalue weighted by atomic mass is 127. The maximum Gasteiger partial charge on any atom is 0.193 e. The van der Waals surface area contributed by atoms with Gasteiger partial charge in [0.25, 0.3) is 0 Å². The molecule has 1 saturated heterocycles. The lowest BCUT2D eigenvalue weighted by molar-refractivity contribution is 0.0619. The molecule has 2 aromatic carbocycles. The van der Waals surface area contributed by atoms with Gasteiger partial charge < -0.3 is 15.8 Å². The summed E-state index contributed by atoms with van der Waals surface area (Å²) in [5.41, 5.74) is 9.74. The molecular weight excluding hydrogens is 449 g/mol. The minimum absolute atomic E-state index is 0. The average molecular weight is 479 g/mol. The van der Waals surface area contributed by atoms with Gasteiger partial charge in [0.2, 0.25) is 0 Å². The van der Waals surface area contributed by atoms with Crippen molar-refractivity contribution >= 4 is 35.6 Å². The Labute approximate surface area is 179 Å². The molecule has 0 aromatic heterocycles. The van der Waals surface area contributed by atoms with Crippen molar-refractivity contribution in [1.82, 2.24) is 0 Å². The third-order valence-electron chi connectivity index (χ3n) is 4.98. The first-order valence-electron chi connectivity index (χ1n) is 9.56. The number of halogens is 1. The minimum Gasteiger partial charge on any atom is -0.381 e. The van der Waals surface area contributed by atoms with E-state index in [1.165, 1.54) is 11.1 Å². The van der Waals surface area contributed by atoms with E-state index in [4.69, 9.17) is 15.5 Å². The maximum absolute atomic E-state index is 6.25. The summed E-state index contributed by atoms with van der Waals surface area (Å²) < 4.78 is 5.50. The zero-order valence-electron chi connectivity index (χ0n) is 15.9. The van der Waals surface area contributed by atoms with Crippen LogP contribution >= 0.6 is 24.0 Å². The van der Waals surface area contributed by atoms with Gasteiger partial charge in [0.05, 0.1) is 6.04 Å². The van der Waals surface area contributed by atoms with Gasteiger partial charge in [0, 0.05) is 18.9 Å². The molecule has 0 spiro atoms. The van der Waals surface area contributed by atoms with E-state index in [0.29, 0.717) is 11.9 Å². The number of nitrogens with two attached hydrogens (primary N) is 1. The summed E-state index contributed by atoms with van der Waals surface area (Å²) in [6, 6.07) is 18.8. The fraction of sp³-hybridized carbons (Fsp3) is 0.409. The molecule has 27 heavy (non-hydrogen) atoms. The van der Waals surface area contributed by atoms with Crippen LogP contribution in [0.2, 0.25) is 0 Å². The third kappa shape index (κ3) is 6.81. The van der Waals surface area contributed by atoms with E-state index in [9.17, 15) is 0 Å². The lowest BCUT2D eigenvalue weighted by atomic mass is 9.90. The Hall–Kier alpha value is -1.60. The highest BCUT2D eigenvalue weighted by molar-refractivity contribution is 14.0. The molecule has 5 heteroatoms. The van der Waals surface area contributed by atoms with Crippen LogP contribution in [-0.2, 0) is 11.2 Å². The zero-order chi connectivity index (χ0) is 18.2. The predicted octanol–water partition coefficient (Wildman–Crippen LogP) is 5.15. The van der Waals surface area contributed by atoms with Crippen molar-refractivity contribution < 1.29 is 4.74 Å². The van der Waals surface area contributed by atoms with Crippen LogP contribution in [0.4, 0.5) is 5.69 Å². The molecule has 2 aromatic rings. The van der Waals surface area contributed by atoms with Crippen molar-refractivity contribution in [2.24, 2.45) is 16.6 Å². The summed E-state index contributed by atoms with van der Waals surface area (Å²) in [5, 5.41) is 3.26. The summed E-state index contributed by atoms with van der Waals surface area (Å²) in [5.74, 6) is 1.10. The second kappa shape index (κ2) is 11.3. The fourth-order valence-corrected chi connectivity index (χ4v) is 3.45. The van der Waals surface area contributed by atoms with Gasteiger partial charge in [0.1, 0.15) is 0 Å². The molecule has 0 amide bonds. The second-order valence-corrected chi connectivity index (χ2v) is 6.91. The number of benzene rings is 2. The number of nitrogens with one attached hydrogen (secondary N) is 1. The molecule has 3 N–H and O–H groups in total. The lowest BCUT2D eigenvalue weighted by Crippen LogP contribution is -2.25. The molecule has 146 valence electrons. The number of nitrogens with zero attached hydrogens (tertiary/aromatic N) is 1. The van der Waals surface area contributed by atoms with Crippen LogP contribution in [0.3, 0.4) is 0 Å². The van der Waals surface area contributed by atoms with Crippen LogP contribution in [0.15, 0.2) is 59.6 Å². The molecule has 3 rings (SSSR count). The number of aryl methyl sites for hydroxylation is 1.